The number of thioether (sulfide) groups is 1. The summed E-state index contributed by atoms with van der Waals surface area (Å²) in [5, 5.41) is 5.08. The molecule has 1 heterocycles. The summed E-state index contributed by atoms with van der Waals surface area (Å²) in [4.78, 5) is 20.4. The quantitative estimate of drug-likeness (QED) is 0.502. The molecule has 0 aliphatic heterocycles. The molecule has 6 heteroatoms. The standard InChI is InChI=1S/C15H19N3O2S/c1-10(2)18-13(15(19)20-3)8-21-14-11-6-4-5-7-12(11)16-9-17-14/h4-7,9-10,13,18H,8H2,1-3H3. The number of nitrogens with one attached hydrogen (secondary N) is 1. The molecule has 1 N–H and O–H groups in total. The molecule has 0 fully saturated rings. The van der Waals surface area contributed by atoms with Gasteiger partial charge in [-0.15, -0.1) is 11.8 Å². The summed E-state index contributed by atoms with van der Waals surface area (Å²) in [7, 11) is 1.40. The number of ether oxygens (including phenoxy) is 1. The van der Waals surface area contributed by atoms with Gasteiger partial charge in [0, 0.05) is 17.2 Å². The highest BCUT2D eigenvalue weighted by atomic mass is 32.2. The van der Waals surface area contributed by atoms with Crippen molar-refractivity contribution in [2.75, 3.05) is 12.9 Å². The number of esters is 1. The van der Waals surface area contributed by atoms with Crippen LogP contribution in [0.2, 0.25) is 0 Å². The minimum Gasteiger partial charge on any atom is -0.468 e. The number of benzene rings is 1. The number of hydrogen-bond acceptors (Lipinski definition) is 6. The first-order chi connectivity index (χ1) is 10.1. The van der Waals surface area contributed by atoms with Crippen molar-refractivity contribution in [1.29, 1.82) is 0 Å². The zero-order chi connectivity index (χ0) is 15.2. The molecule has 0 saturated carbocycles. The fraction of sp³-hybridized carbons (Fsp3) is 0.400. The van der Waals surface area contributed by atoms with Crippen LogP contribution in [0.5, 0.6) is 0 Å². The number of fused-ring (bicyclic) bond motifs is 1. The number of nitrogens with zero attached hydrogens (tertiary/aromatic N) is 2. The van der Waals surface area contributed by atoms with Crippen molar-refractivity contribution in [3.05, 3.63) is 30.6 Å². The van der Waals surface area contributed by atoms with Gasteiger partial charge in [0.15, 0.2) is 0 Å². The Hall–Kier alpha value is -1.66. The summed E-state index contributed by atoms with van der Waals surface area (Å²) >= 11 is 1.53. The Kier molecular flexibility index (Phi) is 5.52. The molecule has 0 aliphatic rings. The minimum absolute atomic E-state index is 0.205. The second-order valence-electron chi connectivity index (χ2n) is 4.90. The number of carbonyl (C=O) groups excluding carboxylic acids is 1. The van der Waals surface area contributed by atoms with Crippen molar-refractivity contribution in [3.8, 4) is 0 Å². The second-order valence-corrected chi connectivity index (χ2v) is 5.91. The van der Waals surface area contributed by atoms with Crippen LogP contribution in [0.25, 0.3) is 10.9 Å². The monoisotopic (exact) mass is 305 g/mol. The highest BCUT2D eigenvalue weighted by molar-refractivity contribution is 7.99. The molecule has 0 amide bonds. The van der Waals surface area contributed by atoms with Crippen molar-refractivity contribution in [3.63, 3.8) is 0 Å². The smallest absolute Gasteiger partial charge is 0.323 e. The van der Waals surface area contributed by atoms with E-state index >= 15 is 0 Å². The van der Waals surface area contributed by atoms with Crippen molar-refractivity contribution in [2.45, 2.75) is 31.0 Å². The van der Waals surface area contributed by atoms with Gasteiger partial charge in [-0.1, -0.05) is 32.0 Å². The number of rotatable bonds is 6. The Morgan fingerprint density at radius 3 is 2.81 bits per heavy atom. The molecular weight excluding hydrogens is 286 g/mol. The van der Waals surface area contributed by atoms with E-state index in [0.717, 1.165) is 15.9 Å². The van der Waals surface area contributed by atoms with Crippen LogP contribution in [0.4, 0.5) is 0 Å². The molecule has 0 spiro atoms. The molecular formula is C15H19N3O2S. The van der Waals surface area contributed by atoms with Crippen molar-refractivity contribution in [1.82, 2.24) is 15.3 Å². The highest BCUT2D eigenvalue weighted by Gasteiger charge is 2.20. The molecule has 2 aromatic rings. The average Bonchev–Trinajstić information content (AvgIpc) is 2.50. The van der Waals surface area contributed by atoms with Crippen LogP contribution in [0.3, 0.4) is 0 Å². The van der Waals surface area contributed by atoms with Crippen LogP contribution in [0.1, 0.15) is 13.8 Å². The summed E-state index contributed by atoms with van der Waals surface area (Å²) in [6, 6.07) is 7.69. The van der Waals surface area contributed by atoms with E-state index in [1.54, 1.807) is 6.33 Å². The molecule has 0 bridgehead atoms. The Balaban J connectivity index is 2.13. The third-order valence-corrected chi connectivity index (χ3v) is 4.01. The summed E-state index contributed by atoms with van der Waals surface area (Å²) in [5.74, 6) is 0.306. The van der Waals surface area contributed by atoms with E-state index in [-0.39, 0.29) is 18.1 Å². The largest absolute Gasteiger partial charge is 0.468 e. The van der Waals surface area contributed by atoms with E-state index in [9.17, 15) is 4.79 Å². The molecule has 1 aromatic carbocycles. The van der Waals surface area contributed by atoms with Gasteiger partial charge >= 0.3 is 5.97 Å². The fourth-order valence-corrected chi connectivity index (χ4v) is 2.99. The normalized spacial score (nSPS) is 12.6. The Bertz CT molecular complexity index is 613. The molecule has 0 radical (unpaired) electrons. The number of para-hydroxylation sites is 1. The van der Waals surface area contributed by atoms with E-state index in [4.69, 9.17) is 4.74 Å². The number of hydrogen-bond donors (Lipinski definition) is 1. The molecule has 0 aliphatic carbocycles. The molecule has 2 rings (SSSR count). The van der Waals surface area contributed by atoms with E-state index < -0.39 is 0 Å². The van der Waals surface area contributed by atoms with Crippen molar-refractivity contribution >= 4 is 28.6 Å². The average molecular weight is 305 g/mol. The van der Waals surface area contributed by atoms with Gasteiger partial charge in [0.2, 0.25) is 0 Å². The maximum Gasteiger partial charge on any atom is 0.323 e. The van der Waals surface area contributed by atoms with Crippen LogP contribution < -0.4 is 5.32 Å². The van der Waals surface area contributed by atoms with Gasteiger partial charge in [0.1, 0.15) is 17.4 Å². The van der Waals surface area contributed by atoms with Crippen LogP contribution in [-0.4, -0.2) is 40.9 Å². The third kappa shape index (κ3) is 4.15. The highest BCUT2D eigenvalue weighted by Crippen LogP contribution is 2.24. The zero-order valence-electron chi connectivity index (χ0n) is 12.4. The molecule has 21 heavy (non-hydrogen) atoms. The lowest BCUT2D eigenvalue weighted by atomic mass is 10.2. The molecule has 1 aromatic heterocycles. The Labute approximate surface area is 128 Å². The van der Waals surface area contributed by atoms with Crippen LogP contribution >= 0.6 is 11.8 Å². The van der Waals surface area contributed by atoms with Gasteiger partial charge < -0.3 is 10.1 Å². The first kappa shape index (κ1) is 15.7. The van der Waals surface area contributed by atoms with Gasteiger partial charge in [-0.2, -0.15) is 0 Å². The van der Waals surface area contributed by atoms with Gasteiger partial charge in [0.25, 0.3) is 0 Å². The second kappa shape index (κ2) is 7.38. The predicted molar refractivity (Wildman–Crippen MR) is 84.3 cm³/mol. The predicted octanol–water partition coefficient (Wildman–Crippen LogP) is 2.26. The van der Waals surface area contributed by atoms with Gasteiger partial charge in [0.05, 0.1) is 12.6 Å². The number of carbonyl (C=O) groups is 1. The summed E-state index contributed by atoms with van der Waals surface area (Å²) in [5.41, 5.74) is 0.904. The summed E-state index contributed by atoms with van der Waals surface area (Å²) in [6.07, 6.45) is 1.55. The number of aromatic nitrogens is 2. The Morgan fingerprint density at radius 2 is 2.10 bits per heavy atom. The maximum absolute atomic E-state index is 11.8. The van der Waals surface area contributed by atoms with E-state index in [1.165, 1.54) is 18.9 Å². The lowest BCUT2D eigenvalue weighted by molar-refractivity contribution is -0.142. The van der Waals surface area contributed by atoms with E-state index in [0.29, 0.717) is 5.75 Å². The van der Waals surface area contributed by atoms with Crippen molar-refractivity contribution in [2.24, 2.45) is 0 Å². The van der Waals surface area contributed by atoms with E-state index in [1.807, 2.05) is 38.1 Å². The Morgan fingerprint density at radius 1 is 1.33 bits per heavy atom. The molecule has 1 unspecified atom stereocenters. The molecule has 5 nitrogen and oxygen atoms in total. The third-order valence-electron chi connectivity index (χ3n) is 2.91. The molecule has 1 atom stereocenters. The van der Waals surface area contributed by atoms with Gasteiger partial charge in [-0.05, 0) is 6.07 Å². The van der Waals surface area contributed by atoms with Crippen LogP contribution in [-0.2, 0) is 9.53 Å². The van der Waals surface area contributed by atoms with Crippen LogP contribution in [0, 0.1) is 0 Å². The number of methoxy groups -OCH3 is 1. The molecule has 0 saturated heterocycles. The lowest BCUT2D eigenvalue weighted by Crippen LogP contribution is -2.43. The molecule has 112 valence electrons. The topological polar surface area (TPSA) is 64.1 Å². The van der Waals surface area contributed by atoms with Gasteiger partial charge in [-0.25, -0.2) is 9.97 Å². The van der Waals surface area contributed by atoms with Crippen LogP contribution in [0.15, 0.2) is 35.6 Å². The van der Waals surface area contributed by atoms with Crippen molar-refractivity contribution < 1.29 is 9.53 Å². The minimum atomic E-state index is -0.353. The maximum atomic E-state index is 11.8. The first-order valence-electron chi connectivity index (χ1n) is 6.78. The lowest BCUT2D eigenvalue weighted by Gasteiger charge is -2.18. The SMILES string of the molecule is COC(=O)C(CSc1ncnc2ccccc12)NC(C)C. The summed E-state index contributed by atoms with van der Waals surface area (Å²) in [6.45, 7) is 4.00. The summed E-state index contributed by atoms with van der Waals surface area (Å²) < 4.78 is 4.84. The zero-order valence-corrected chi connectivity index (χ0v) is 13.2. The van der Waals surface area contributed by atoms with E-state index in [2.05, 4.69) is 15.3 Å². The first-order valence-corrected chi connectivity index (χ1v) is 7.76. The van der Waals surface area contributed by atoms with Gasteiger partial charge in [-0.3, -0.25) is 4.79 Å². The fourth-order valence-electron chi connectivity index (χ4n) is 1.99.